The normalized spacial score (nSPS) is 24.4. The first-order chi connectivity index (χ1) is 17.1. The van der Waals surface area contributed by atoms with Gasteiger partial charge in [0.1, 0.15) is 18.2 Å². The number of nitrogens with one attached hydrogen (secondary N) is 2. The van der Waals surface area contributed by atoms with Crippen LogP contribution in [0.15, 0.2) is 30.3 Å². The van der Waals surface area contributed by atoms with Crippen LogP contribution in [0.25, 0.3) is 0 Å². The number of hydroxylamine groups is 2. The number of nitrogens with zero attached hydrogens (tertiary/aromatic N) is 3. The van der Waals surface area contributed by atoms with Crippen LogP contribution in [0.4, 0.5) is 9.59 Å². The first kappa shape index (κ1) is 24.4. The monoisotopic (exact) mass is 499 g/mol. The zero-order valence-corrected chi connectivity index (χ0v) is 20.9. The van der Waals surface area contributed by atoms with Crippen molar-refractivity contribution in [3.05, 3.63) is 35.9 Å². The SMILES string of the molecule is CC(C)(C)OC(=O)N1CC(C(=O)NNC(=O)[C@H]2CC3(CC3)[C@H]3CN2C(=O)N3OCc2ccccc2)C1. The topological polar surface area (TPSA) is 121 Å². The van der Waals surface area contributed by atoms with E-state index >= 15 is 0 Å². The van der Waals surface area contributed by atoms with Crippen LogP contribution in [-0.2, 0) is 25.8 Å². The highest BCUT2D eigenvalue weighted by atomic mass is 16.7. The zero-order chi connectivity index (χ0) is 25.7. The summed E-state index contributed by atoms with van der Waals surface area (Å²) in [7, 11) is 0. The first-order valence-electron chi connectivity index (χ1n) is 12.4. The molecule has 0 radical (unpaired) electrons. The predicted molar refractivity (Wildman–Crippen MR) is 127 cm³/mol. The van der Waals surface area contributed by atoms with Crippen LogP contribution in [0.2, 0.25) is 0 Å². The number of amides is 5. The van der Waals surface area contributed by atoms with Crippen LogP contribution in [0.5, 0.6) is 0 Å². The van der Waals surface area contributed by atoms with Crippen LogP contribution in [-0.4, -0.2) is 76.1 Å². The van der Waals surface area contributed by atoms with Crippen molar-refractivity contribution >= 4 is 23.9 Å². The van der Waals surface area contributed by atoms with Crippen LogP contribution < -0.4 is 10.9 Å². The van der Waals surface area contributed by atoms with Gasteiger partial charge < -0.3 is 14.5 Å². The fourth-order valence-electron chi connectivity index (χ4n) is 5.16. The molecule has 1 aromatic carbocycles. The molecule has 1 spiro atoms. The Morgan fingerprint density at radius 1 is 1.03 bits per heavy atom. The molecule has 11 heteroatoms. The molecule has 3 saturated heterocycles. The van der Waals surface area contributed by atoms with Crippen molar-refractivity contribution < 1.29 is 28.8 Å². The summed E-state index contributed by atoms with van der Waals surface area (Å²) < 4.78 is 5.30. The van der Waals surface area contributed by atoms with Gasteiger partial charge in [0.05, 0.1) is 12.0 Å². The standard InChI is InChI=1S/C25H33N5O6/c1-24(2,3)36-23(34)28-12-17(13-28)20(31)26-27-21(32)18-11-25(9-10-25)19-14-29(18)22(33)30(19)35-15-16-7-5-4-6-8-16/h4-8,17-19H,9-15H2,1-3H3,(H,26,31)(H,27,32)/t18-,19-/m1/s1. The average molecular weight is 500 g/mol. The summed E-state index contributed by atoms with van der Waals surface area (Å²) in [6.45, 7) is 6.50. The van der Waals surface area contributed by atoms with E-state index in [0.29, 0.717) is 13.0 Å². The molecule has 1 saturated carbocycles. The van der Waals surface area contributed by atoms with E-state index in [4.69, 9.17) is 9.57 Å². The summed E-state index contributed by atoms with van der Waals surface area (Å²) in [5.74, 6) is -1.23. The number of likely N-dealkylation sites (tertiary alicyclic amines) is 1. The van der Waals surface area contributed by atoms with Crippen molar-refractivity contribution in [2.75, 3.05) is 19.6 Å². The van der Waals surface area contributed by atoms with E-state index in [2.05, 4.69) is 10.9 Å². The number of rotatable bonds is 5. The lowest BCUT2D eigenvalue weighted by Gasteiger charge is -2.39. The number of hydrogen-bond acceptors (Lipinski definition) is 6. The van der Waals surface area contributed by atoms with Gasteiger partial charge in [0.15, 0.2) is 0 Å². The molecule has 5 amide bonds. The molecule has 0 unspecified atom stereocenters. The predicted octanol–water partition coefficient (Wildman–Crippen LogP) is 1.79. The lowest BCUT2D eigenvalue weighted by Crippen LogP contribution is -2.61. The molecule has 194 valence electrons. The summed E-state index contributed by atoms with van der Waals surface area (Å²) in [5.41, 5.74) is 5.19. The molecule has 1 aromatic rings. The highest BCUT2D eigenvalue weighted by molar-refractivity contribution is 5.91. The number of ether oxygens (including phenoxy) is 1. The van der Waals surface area contributed by atoms with Gasteiger partial charge in [-0.05, 0) is 51.0 Å². The number of urea groups is 1. The number of hydrazine groups is 1. The maximum absolute atomic E-state index is 13.1. The van der Waals surface area contributed by atoms with Gasteiger partial charge in [-0.3, -0.25) is 25.3 Å². The van der Waals surface area contributed by atoms with Crippen molar-refractivity contribution in [1.82, 2.24) is 25.7 Å². The van der Waals surface area contributed by atoms with E-state index < -0.39 is 29.6 Å². The Balaban J connectivity index is 1.13. The Morgan fingerprint density at radius 3 is 2.33 bits per heavy atom. The molecule has 1 aliphatic carbocycles. The molecule has 3 aliphatic heterocycles. The molecular weight excluding hydrogens is 466 g/mol. The van der Waals surface area contributed by atoms with Gasteiger partial charge in [0.2, 0.25) is 5.91 Å². The fraction of sp³-hybridized carbons (Fsp3) is 0.600. The summed E-state index contributed by atoms with van der Waals surface area (Å²) in [4.78, 5) is 59.6. The van der Waals surface area contributed by atoms with Crippen LogP contribution in [0, 0.1) is 11.3 Å². The van der Waals surface area contributed by atoms with E-state index in [0.717, 1.165) is 18.4 Å². The number of carbonyl (C=O) groups is 4. The third-order valence-corrected chi connectivity index (χ3v) is 7.39. The molecule has 2 atom stereocenters. The van der Waals surface area contributed by atoms with Gasteiger partial charge >= 0.3 is 12.1 Å². The Labute approximate surface area is 210 Å². The summed E-state index contributed by atoms with van der Waals surface area (Å²) in [6.07, 6.45) is 1.94. The fourth-order valence-corrected chi connectivity index (χ4v) is 5.16. The maximum Gasteiger partial charge on any atom is 0.410 e. The van der Waals surface area contributed by atoms with Crippen molar-refractivity contribution in [2.45, 2.75) is 64.3 Å². The van der Waals surface area contributed by atoms with Gasteiger partial charge in [0.25, 0.3) is 5.91 Å². The second-order valence-corrected chi connectivity index (χ2v) is 11.2. The van der Waals surface area contributed by atoms with Crippen molar-refractivity contribution in [1.29, 1.82) is 0 Å². The minimum atomic E-state index is -0.679. The summed E-state index contributed by atoms with van der Waals surface area (Å²) in [5, 5.41) is 1.45. The molecule has 11 nitrogen and oxygen atoms in total. The van der Waals surface area contributed by atoms with Crippen molar-refractivity contribution in [2.24, 2.45) is 11.3 Å². The largest absolute Gasteiger partial charge is 0.444 e. The Bertz CT molecular complexity index is 1050. The molecule has 5 rings (SSSR count). The Hall–Kier alpha value is -3.34. The smallest absolute Gasteiger partial charge is 0.410 e. The molecule has 4 aliphatic rings. The zero-order valence-electron chi connectivity index (χ0n) is 20.9. The summed E-state index contributed by atoms with van der Waals surface area (Å²) >= 11 is 0. The van der Waals surface area contributed by atoms with Crippen LogP contribution in [0.1, 0.15) is 45.6 Å². The molecule has 4 fully saturated rings. The number of benzene rings is 1. The molecular formula is C25H33N5O6. The number of hydrogen-bond donors (Lipinski definition) is 2. The quantitative estimate of drug-likeness (QED) is 0.596. The molecule has 0 aromatic heterocycles. The third kappa shape index (κ3) is 4.71. The molecule has 2 N–H and O–H groups in total. The van der Waals surface area contributed by atoms with E-state index in [9.17, 15) is 19.2 Å². The van der Waals surface area contributed by atoms with Gasteiger partial charge in [-0.25, -0.2) is 9.59 Å². The van der Waals surface area contributed by atoms with Crippen molar-refractivity contribution in [3.63, 3.8) is 0 Å². The Kier molecular flexibility index (Phi) is 6.06. The Morgan fingerprint density at radius 2 is 1.69 bits per heavy atom. The lowest BCUT2D eigenvalue weighted by atomic mass is 9.85. The number of carbonyl (C=O) groups excluding carboxylic acids is 4. The number of piperidine rings is 1. The highest BCUT2D eigenvalue weighted by Crippen LogP contribution is 2.59. The minimum absolute atomic E-state index is 0.0823. The van der Waals surface area contributed by atoms with Crippen LogP contribution >= 0.6 is 0 Å². The van der Waals surface area contributed by atoms with Gasteiger partial charge in [-0.15, -0.1) is 0 Å². The minimum Gasteiger partial charge on any atom is -0.444 e. The van der Waals surface area contributed by atoms with Gasteiger partial charge in [-0.2, -0.15) is 5.06 Å². The maximum atomic E-state index is 13.1. The second-order valence-electron chi connectivity index (χ2n) is 11.2. The van der Waals surface area contributed by atoms with Crippen LogP contribution in [0.3, 0.4) is 0 Å². The van der Waals surface area contributed by atoms with E-state index in [-0.39, 0.29) is 43.1 Å². The third-order valence-electron chi connectivity index (χ3n) is 7.39. The van der Waals surface area contributed by atoms with Gasteiger partial charge in [0, 0.05) is 19.6 Å². The lowest BCUT2D eigenvalue weighted by molar-refractivity contribution is -0.153. The highest BCUT2D eigenvalue weighted by Gasteiger charge is 2.64. The van der Waals surface area contributed by atoms with Crippen molar-refractivity contribution in [3.8, 4) is 0 Å². The van der Waals surface area contributed by atoms with E-state index in [1.165, 1.54) is 14.9 Å². The number of fused-ring (bicyclic) bond motifs is 3. The van der Waals surface area contributed by atoms with E-state index in [1.54, 1.807) is 20.8 Å². The van der Waals surface area contributed by atoms with Gasteiger partial charge in [-0.1, -0.05) is 30.3 Å². The second kappa shape index (κ2) is 8.95. The molecule has 36 heavy (non-hydrogen) atoms. The molecule has 2 bridgehead atoms. The molecule has 3 heterocycles. The summed E-state index contributed by atoms with van der Waals surface area (Å²) in [6, 6.07) is 8.55. The van der Waals surface area contributed by atoms with E-state index in [1.807, 2.05) is 30.3 Å². The average Bonchev–Trinajstić information content (AvgIpc) is 3.50. The first-order valence-corrected chi connectivity index (χ1v) is 12.4.